The van der Waals surface area contributed by atoms with Crippen molar-refractivity contribution in [2.24, 2.45) is 0 Å². The van der Waals surface area contributed by atoms with Gasteiger partial charge in [-0.25, -0.2) is 8.42 Å². The van der Waals surface area contributed by atoms with Crippen LogP contribution in [-0.2, 0) is 21.0 Å². The number of methoxy groups -OCH3 is 2. The number of carbonyl (C=O) groups excluding carboxylic acids is 1. The zero-order chi connectivity index (χ0) is 25.6. The third-order valence-electron chi connectivity index (χ3n) is 4.61. The first-order chi connectivity index (χ1) is 16.5. The van der Waals surface area contributed by atoms with Crippen molar-refractivity contribution in [3.63, 3.8) is 0 Å². The second kappa shape index (κ2) is 10.6. The van der Waals surface area contributed by atoms with Gasteiger partial charge in [0.25, 0.3) is 15.9 Å². The van der Waals surface area contributed by atoms with Gasteiger partial charge in [-0.2, -0.15) is 13.2 Å². The van der Waals surface area contributed by atoms with Gasteiger partial charge in [-0.15, -0.1) is 0 Å². The Morgan fingerprint density at radius 2 is 1.57 bits per heavy atom. The largest absolute Gasteiger partial charge is 0.493 e. The number of amides is 1. The number of alkyl halides is 3. The molecule has 2 N–H and O–H groups in total. The van der Waals surface area contributed by atoms with Crippen LogP contribution in [0.1, 0.15) is 5.56 Å². The van der Waals surface area contributed by atoms with Crippen LogP contribution in [0.2, 0.25) is 0 Å². The fourth-order valence-corrected chi connectivity index (χ4v) is 4.00. The maximum atomic E-state index is 12.9. The van der Waals surface area contributed by atoms with Crippen molar-refractivity contribution >= 4 is 27.3 Å². The van der Waals surface area contributed by atoms with E-state index in [4.69, 9.17) is 14.2 Å². The van der Waals surface area contributed by atoms with Gasteiger partial charge in [0, 0.05) is 17.4 Å². The maximum Gasteiger partial charge on any atom is 0.416 e. The number of anilines is 2. The van der Waals surface area contributed by atoms with Gasteiger partial charge < -0.3 is 19.5 Å². The van der Waals surface area contributed by atoms with Crippen LogP contribution in [0.5, 0.6) is 17.2 Å². The second-order valence-corrected chi connectivity index (χ2v) is 8.74. The summed E-state index contributed by atoms with van der Waals surface area (Å²) in [5, 5.41) is 2.63. The van der Waals surface area contributed by atoms with Gasteiger partial charge in [0.1, 0.15) is 5.75 Å². The normalized spacial score (nSPS) is 11.5. The number of benzene rings is 3. The van der Waals surface area contributed by atoms with Crippen molar-refractivity contribution in [2.45, 2.75) is 11.1 Å². The van der Waals surface area contributed by atoms with E-state index in [1.165, 1.54) is 44.6 Å². The average molecular weight is 510 g/mol. The predicted molar refractivity (Wildman–Crippen MR) is 122 cm³/mol. The fourth-order valence-electron chi connectivity index (χ4n) is 2.95. The van der Waals surface area contributed by atoms with Crippen LogP contribution < -0.4 is 24.2 Å². The highest BCUT2D eigenvalue weighted by Crippen LogP contribution is 2.32. The molecule has 0 aliphatic rings. The molecule has 12 heteroatoms. The van der Waals surface area contributed by atoms with Crippen LogP contribution in [0.25, 0.3) is 0 Å². The van der Waals surface area contributed by atoms with E-state index in [0.717, 1.165) is 12.1 Å². The molecule has 0 fully saturated rings. The number of nitrogens with one attached hydrogen (secondary N) is 2. The lowest BCUT2D eigenvalue weighted by Gasteiger charge is -2.12. The van der Waals surface area contributed by atoms with Gasteiger partial charge in [0.2, 0.25) is 0 Å². The van der Waals surface area contributed by atoms with E-state index in [9.17, 15) is 26.4 Å². The van der Waals surface area contributed by atoms with Crippen molar-refractivity contribution in [1.29, 1.82) is 0 Å². The van der Waals surface area contributed by atoms with E-state index in [0.29, 0.717) is 23.3 Å². The molecule has 0 bridgehead atoms. The van der Waals surface area contributed by atoms with Crippen LogP contribution in [-0.4, -0.2) is 35.2 Å². The Morgan fingerprint density at radius 1 is 0.886 bits per heavy atom. The monoisotopic (exact) mass is 510 g/mol. The number of halogens is 3. The maximum absolute atomic E-state index is 12.9. The summed E-state index contributed by atoms with van der Waals surface area (Å²) < 4.78 is 81.4. The lowest BCUT2D eigenvalue weighted by molar-refractivity contribution is -0.137. The molecule has 0 saturated carbocycles. The zero-order valence-electron chi connectivity index (χ0n) is 18.5. The average Bonchev–Trinajstić information content (AvgIpc) is 2.82. The van der Waals surface area contributed by atoms with E-state index in [-0.39, 0.29) is 22.9 Å². The topological polar surface area (TPSA) is 103 Å². The van der Waals surface area contributed by atoms with Crippen LogP contribution in [0, 0.1) is 0 Å². The molecule has 0 unspecified atom stereocenters. The van der Waals surface area contributed by atoms with Crippen molar-refractivity contribution in [3.05, 3.63) is 72.3 Å². The standard InChI is InChI=1S/C23H21F3N2O6S/c1-32-20-11-6-16(13-21(20)33-2)27-22(29)14-34-18-7-9-19(10-8-18)35(30,31)28-17-5-3-4-15(12-17)23(24,25)26/h3-13,28H,14H2,1-2H3,(H,27,29). The first-order valence-corrected chi connectivity index (χ1v) is 11.4. The van der Waals surface area contributed by atoms with Crippen LogP contribution in [0.4, 0.5) is 24.5 Å². The quantitative estimate of drug-likeness (QED) is 0.438. The number of rotatable bonds is 9. The summed E-state index contributed by atoms with van der Waals surface area (Å²) in [5.41, 5.74) is -0.752. The minimum atomic E-state index is -4.60. The number of hydrogen-bond donors (Lipinski definition) is 2. The van der Waals surface area contributed by atoms with Crippen molar-refractivity contribution in [2.75, 3.05) is 30.9 Å². The first kappa shape index (κ1) is 25.7. The van der Waals surface area contributed by atoms with Crippen molar-refractivity contribution in [1.82, 2.24) is 0 Å². The summed E-state index contributed by atoms with van der Waals surface area (Å²) in [4.78, 5) is 12.0. The van der Waals surface area contributed by atoms with Gasteiger partial charge in [0.05, 0.1) is 24.7 Å². The lowest BCUT2D eigenvalue weighted by atomic mass is 10.2. The molecule has 0 aliphatic heterocycles. The third-order valence-corrected chi connectivity index (χ3v) is 6.01. The zero-order valence-corrected chi connectivity index (χ0v) is 19.4. The minimum Gasteiger partial charge on any atom is -0.493 e. The molecule has 1 amide bonds. The molecule has 186 valence electrons. The summed E-state index contributed by atoms with van der Waals surface area (Å²) in [6, 6.07) is 13.7. The molecule has 0 spiro atoms. The van der Waals surface area contributed by atoms with E-state index < -0.39 is 27.7 Å². The molecular formula is C23H21F3N2O6S. The molecule has 3 aromatic carbocycles. The summed E-state index contributed by atoms with van der Waals surface area (Å²) in [7, 11) is -1.20. The second-order valence-electron chi connectivity index (χ2n) is 7.06. The molecule has 0 atom stereocenters. The van der Waals surface area contributed by atoms with Crippen LogP contribution in [0.15, 0.2) is 71.6 Å². The summed E-state index contributed by atoms with van der Waals surface area (Å²) in [5.74, 6) is 0.673. The van der Waals surface area contributed by atoms with Crippen molar-refractivity contribution < 1.29 is 40.6 Å². The van der Waals surface area contributed by atoms with E-state index in [1.807, 2.05) is 0 Å². The fraction of sp³-hybridized carbons (Fsp3) is 0.174. The van der Waals surface area contributed by atoms with Gasteiger partial charge in [-0.05, 0) is 54.6 Å². The molecule has 0 saturated heterocycles. The molecular weight excluding hydrogens is 489 g/mol. The Balaban J connectivity index is 1.60. The molecule has 3 rings (SSSR count). The van der Waals surface area contributed by atoms with Crippen LogP contribution >= 0.6 is 0 Å². The highest BCUT2D eigenvalue weighted by atomic mass is 32.2. The Labute approximate surface area is 199 Å². The molecule has 35 heavy (non-hydrogen) atoms. The summed E-state index contributed by atoms with van der Waals surface area (Å²) in [6.45, 7) is -0.358. The first-order valence-electron chi connectivity index (χ1n) is 9.96. The number of ether oxygens (including phenoxy) is 3. The molecule has 0 radical (unpaired) electrons. The number of carbonyl (C=O) groups is 1. The molecule has 3 aromatic rings. The van der Waals surface area contributed by atoms with E-state index in [1.54, 1.807) is 18.2 Å². The van der Waals surface area contributed by atoms with Crippen molar-refractivity contribution in [3.8, 4) is 17.2 Å². The summed E-state index contributed by atoms with van der Waals surface area (Å²) in [6.07, 6.45) is -4.60. The highest BCUT2D eigenvalue weighted by molar-refractivity contribution is 7.92. The molecule has 0 heterocycles. The molecule has 8 nitrogen and oxygen atoms in total. The summed E-state index contributed by atoms with van der Waals surface area (Å²) >= 11 is 0. The number of sulfonamides is 1. The van der Waals surface area contributed by atoms with Gasteiger partial charge >= 0.3 is 6.18 Å². The Morgan fingerprint density at radius 3 is 2.20 bits per heavy atom. The third kappa shape index (κ3) is 6.79. The number of hydrogen-bond acceptors (Lipinski definition) is 6. The van der Waals surface area contributed by atoms with Gasteiger partial charge in [-0.3, -0.25) is 9.52 Å². The van der Waals surface area contributed by atoms with E-state index >= 15 is 0 Å². The Hall–Kier alpha value is -3.93. The molecule has 0 aliphatic carbocycles. The Kier molecular flexibility index (Phi) is 7.75. The Bertz CT molecular complexity index is 1300. The minimum absolute atomic E-state index is 0.197. The molecule has 0 aromatic heterocycles. The smallest absolute Gasteiger partial charge is 0.416 e. The lowest BCUT2D eigenvalue weighted by Crippen LogP contribution is -2.20. The highest BCUT2D eigenvalue weighted by Gasteiger charge is 2.30. The van der Waals surface area contributed by atoms with Crippen LogP contribution in [0.3, 0.4) is 0 Å². The van der Waals surface area contributed by atoms with Gasteiger partial charge in [0.15, 0.2) is 18.1 Å². The SMILES string of the molecule is COc1ccc(NC(=O)COc2ccc(S(=O)(=O)Nc3cccc(C(F)(F)F)c3)cc2)cc1OC. The van der Waals surface area contributed by atoms with Gasteiger partial charge in [-0.1, -0.05) is 6.07 Å². The van der Waals surface area contributed by atoms with E-state index in [2.05, 4.69) is 10.0 Å². The predicted octanol–water partition coefficient (Wildman–Crippen LogP) is 4.54.